The lowest BCUT2D eigenvalue weighted by molar-refractivity contribution is -0.136. The number of aryl methyl sites for hydroxylation is 3. The summed E-state index contributed by atoms with van der Waals surface area (Å²) in [5, 5.41) is 19.4. The minimum atomic E-state index is -0.798. The highest BCUT2D eigenvalue weighted by molar-refractivity contribution is 5.67. The largest absolute Gasteiger partial charge is 0.507 e. The van der Waals surface area contributed by atoms with Gasteiger partial charge in [0.05, 0.1) is 0 Å². The van der Waals surface area contributed by atoms with Crippen LogP contribution in [-0.4, -0.2) is 21.2 Å². The number of nitrogen functional groups attached to an aromatic ring is 1. The Balaban J connectivity index is 0.000000202. The molecule has 0 amide bonds. The molecule has 1 aromatic heterocycles. The van der Waals surface area contributed by atoms with Crippen molar-refractivity contribution in [3.8, 4) is 5.75 Å². The molecule has 0 aliphatic heterocycles. The number of phenolic OH excluding ortho intramolecular Hbond substituents is 1. The highest BCUT2D eigenvalue weighted by Gasteiger charge is 2.26. The number of carboxylic acids is 1. The molecule has 0 saturated carbocycles. The quantitative estimate of drug-likeness (QED) is 0.471. The monoisotopic (exact) mass is 480 g/mol. The molecule has 2 aliphatic rings. The Morgan fingerprint density at radius 3 is 1.69 bits per heavy atom. The van der Waals surface area contributed by atoms with E-state index in [-0.39, 0.29) is 17.3 Å². The van der Waals surface area contributed by atoms with Gasteiger partial charge in [0.15, 0.2) is 0 Å². The van der Waals surface area contributed by atoms with E-state index in [0.29, 0.717) is 12.2 Å². The van der Waals surface area contributed by atoms with Gasteiger partial charge in [-0.1, -0.05) is 53.7 Å². The topological polar surface area (TPSA) is 96.4 Å². The molecule has 35 heavy (non-hydrogen) atoms. The summed E-state index contributed by atoms with van der Waals surface area (Å²) in [5.41, 5.74) is 15.1. The molecule has 0 bridgehead atoms. The number of hydrogen-bond acceptors (Lipinski definition) is 4. The van der Waals surface area contributed by atoms with E-state index in [1.807, 2.05) is 12.1 Å². The van der Waals surface area contributed by atoms with Crippen LogP contribution in [0.25, 0.3) is 0 Å². The average molecular weight is 481 g/mol. The van der Waals surface area contributed by atoms with Gasteiger partial charge in [-0.05, 0) is 96.4 Å². The van der Waals surface area contributed by atoms with E-state index >= 15 is 0 Å². The second kappa shape index (κ2) is 10.6. The van der Waals surface area contributed by atoms with E-state index in [9.17, 15) is 9.90 Å². The maximum atomic E-state index is 10.8. The maximum Gasteiger partial charge on any atom is 0.303 e. The van der Waals surface area contributed by atoms with Gasteiger partial charge in [0, 0.05) is 23.5 Å². The summed E-state index contributed by atoms with van der Waals surface area (Å²) in [6, 6.07) is 3.88. The van der Waals surface area contributed by atoms with E-state index in [1.54, 1.807) is 0 Å². The zero-order valence-corrected chi connectivity index (χ0v) is 22.6. The van der Waals surface area contributed by atoms with Gasteiger partial charge in [0.1, 0.15) is 5.75 Å². The SMILES string of the molecule is CC(C)(C)c1cc(CCC(=O)O)cc(C(C)(C)C)c1O.Nc1c2c(nc3c1CCCC3)CCCC2. The molecule has 2 aromatic rings. The van der Waals surface area contributed by atoms with Crippen molar-refractivity contribution in [3.05, 3.63) is 51.3 Å². The second-order valence-electron chi connectivity index (χ2n) is 12.2. The highest BCUT2D eigenvalue weighted by Crippen LogP contribution is 2.40. The Labute approximate surface area is 211 Å². The number of aromatic nitrogens is 1. The fourth-order valence-electron chi connectivity index (χ4n) is 5.18. The van der Waals surface area contributed by atoms with Crippen LogP contribution in [0.3, 0.4) is 0 Å². The molecule has 0 saturated heterocycles. The fraction of sp³-hybridized carbons (Fsp3) is 0.600. The standard InChI is InChI=1S/C17H26O3.C13H18N2/c1-16(2,3)12-9-11(7-8-14(18)19)10-13(15(12)20)17(4,5)6;14-13-9-5-1-3-7-11(9)15-12-8-4-2-6-10(12)13/h9-10,20H,7-8H2,1-6H3,(H,18,19);1-8H2,(H2,14,15). The predicted octanol–water partition coefficient (Wildman–Crippen LogP) is 6.43. The van der Waals surface area contributed by atoms with Gasteiger partial charge in [-0.25, -0.2) is 0 Å². The number of anilines is 1. The van der Waals surface area contributed by atoms with Crippen molar-refractivity contribution in [1.29, 1.82) is 0 Å². The van der Waals surface area contributed by atoms with Gasteiger partial charge in [-0.2, -0.15) is 0 Å². The summed E-state index contributed by atoms with van der Waals surface area (Å²) in [4.78, 5) is 15.6. The first-order valence-electron chi connectivity index (χ1n) is 13.2. The lowest BCUT2D eigenvalue weighted by Crippen LogP contribution is -2.18. The first-order chi connectivity index (χ1) is 16.3. The summed E-state index contributed by atoms with van der Waals surface area (Å²) in [6.07, 6.45) is 10.4. The Morgan fingerprint density at radius 1 is 0.857 bits per heavy atom. The van der Waals surface area contributed by atoms with Crippen LogP contribution in [0.1, 0.15) is 113 Å². The molecule has 0 unspecified atom stereocenters. The summed E-state index contributed by atoms with van der Waals surface area (Å²) >= 11 is 0. The molecule has 0 atom stereocenters. The zero-order valence-electron chi connectivity index (χ0n) is 22.6. The number of pyridine rings is 1. The third-order valence-corrected chi connectivity index (χ3v) is 7.21. The summed E-state index contributed by atoms with van der Waals surface area (Å²) in [6.45, 7) is 12.3. The maximum absolute atomic E-state index is 10.8. The minimum absolute atomic E-state index is 0.109. The van der Waals surface area contributed by atoms with Crippen LogP contribution in [-0.2, 0) is 47.7 Å². The van der Waals surface area contributed by atoms with Crippen LogP contribution >= 0.6 is 0 Å². The molecule has 1 aromatic carbocycles. The van der Waals surface area contributed by atoms with E-state index < -0.39 is 5.97 Å². The molecule has 5 nitrogen and oxygen atoms in total. The van der Waals surface area contributed by atoms with Crippen molar-refractivity contribution < 1.29 is 15.0 Å². The molecule has 192 valence electrons. The number of nitrogens with zero attached hydrogens (tertiary/aromatic N) is 1. The molecule has 4 N–H and O–H groups in total. The number of phenols is 1. The van der Waals surface area contributed by atoms with Crippen LogP contribution in [0.15, 0.2) is 12.1 Å². The van der Waals surface area contributed by atoms with Crippen LogP contribution in [0, 0.1) is 0 Å². The molecule has 1 heterocycles. The van der Waals surface area contributed by atoms with Gasteiger partial charge < -0.3 is 15.9 Å². The van der Waals surface area contributed by atoms with Crippen molar-refractivity contribution in [2.24, 2.45) is 0 Å². The molecule has 0 radical (unpaired) electrons. The second-order valence-corrected chi connectivity index (χ2v) is 12.2. The van der Waals surface area contributed by atoms with Crippen LogP contribution < -0.4 is 5.73 Å². The van der Waals surface area contributed by atoms with E-state index in [0.717, 1.165) is 48.1 Å². The van der Waals surface area contributed by atoms with E-state index in [4.69, 9.17) is 15.8 Å². The average Bonchev–Trinajstić information content (AvgIpc) is 2.77. The Morgan fingerprint density at radius 2 is 1.29 bits per heavy atom. The van der Waals surface area contributed by atoms with Gasteiger partial charge in [0.2, 0.25) is 0 Å². The van der Waals surface area contributed by atoms with Crippen molar-refractivity contribution in [2.45, 2.75) is 117 Å². The number of benzene rings is 1. The van der Waals surface area contributed by atoms with Crippen molar-refractivity contribution in [2.75, 3.05) is 5.73 Å². The first-order valence-corrected chi connectivity index (χ1v) is 13.2. The molecule has 4 rings (SSSR count). The number of aliphatic carboxylic acids is 1. The summed E-state index contributed by atoms with van der Waals surface area (Å²) < 4.78 is 0. The lowest BCUT2D eigenvalue weighted by atomic mass is 9.78. The molecular formula is C30H44N2O3. The third kappa shape index (κ3) is 6.56. The van der Waals surface area contributed by atoms with Crippen molar-refractivity contribution in [3.63, 3.8) is 0 Å². The molecular weight excluding hydrogens is 436 g/mol. The number of fused-ring (bicyclic) bond motifs is 2. The van der Waals surface area contributed by atoms with Gasteiger partial charge in [0.25, 0.3) is 0 Å². The van der Waals surface area contributed by atoms with Crippen LogP contribution in [0.4, 0.5) is 5.69 Å². The highest BCUT2D eigenvalue weighted by atomic mass is 16.4. The fourth-order valence-corrected chi connectivity index (χ4v) is 5.18. The smallest absolute Gasteiger partial charge is 0.303 e. The number of carboxylic acid groups (broad SMARTS) is 1. The first kappa shape index (κ1) is 27.0. The Hall–Kier alpha value is -2.56. The molecule has 2 aliphatic carbocycles. The Bertz CT molecular complexity index is 1010. The summed E-state index contributed by atoms with van der Waals surface area (Å²) in [5.74, 6) is -0.461. The van der Waals surface area contributed by atoms with Gasteiger partial charge in [-0.3, -0.25) is 9.78 Å². The van der Waals surface area contributed by atoms with Crippen molar-refractivity contribution in [1.82, 2.24) is 4.98 Å². The lowest BCUT2D eigenvalue weighted by Gasteiger charge is -2.28. The normalized spacial score (nSPS) is 15.5. The third-order valence-electron chi connectivity index (χ3n) is 7.21. The van der Waals surface area contributed by atoms with Crippen LogP contribution in [0.5, 0.6) is 5.75 Å². The Kier molecular flexibility index (Phi) is 8.18. The molecule has 5 heteroatoms. The number of rotatable bonds is 3. The molecule has 0 fully saturated rings. The van der Waals surface area contributed by atoms with E-state index in [2.05, 4.69) is 41.5 Å². The summed E-state index contributed by atoms with van der Waals surface area (Å²) in [7, 11) is 0. The number of hydrogen-bond donors (Lipinski definition) is 3. The number of aromatic hydroxyl groups is 1. The van der Waals surface area contributed by atoms with Gasteiger partial charge >= 0.3 is 5.97 Å². The van der Waals surface area contributed by atoms with E-state index in [1.165, 1.54) is 48.2 Å². The zero-order chi connectivity index (χ0) is 26.0. The van der Waals surface area contributed by atoms with Gasteiger partial charge in [-0.15, -0.1) is 0 Å². The molecule has 0 spiro atoms. The van der Waals surface area contributed by atoms with Crippen molar-refractivity contribution >= 4 is 11.7 Å². The van der Waals surface area contributed by atoms with Crippen LogP contribution in [0.2, 0.25) is 0 Å². The minimum Gasteiger partial charge on any atom is -0.507 e. The number of nitrogens with two attached hydrogens (primary N) is 1. The number of carbonyl (C=O) groups is 1. The predicted molar refractivity (Wildman–Crippen MR) is 143 cm³/mol.